The Balaban J connectivity index is 2.25. The third-order valence-corrected chi connectivity index (χ3v) is 4.38. The smallest absolute Gasteiger partial charge is 0.337 e. The van der Waals surface area contributed by atoms with E-state index in [9.17, 15) is 14.4 Å². The monoisotopic (exact) mass is 389 g/mol. The number of nitrogens with zero attached hydrogens (tertiary/aromatic N) is 1. The summed E-state index contributed by atoms with van der Waals surface area (Å²) in [5, 5.41) is 15.0. The predicted octanol–water partition coefficient (Wildman–Crippen LogP) is 1.65. The number of aryl methyl sites for hydroxylation is 1. The van der Waals surface area contributed by atoms with Crippen molar-refractivity contribution < 1.29 is 24.2 Å². The number of rotatable bonds is 6. The largest absolute Gasteiger partial charge is 0.466 e. The third kappa shape index (κ3) is 4.69. The molecule has 28 heavy (non-hydrogen) atoms. The summed E-state index contributed by atoms with van der Waals surface area (Å²) >= 11 is 0. The average Bonchev–Trinajstić information content (AvgIpc) is 2.92. The number of carbonyl (C=O) groups excluding carboxylic acids is 3. The van der Waals surface area contributed by atoms with E-state index in [2.05, 4.69) is 10.6 Å². The van der Waals surface area contributed by atoms with Gasteiger partial charge in [-0.05, 0) is 30.7 Å². The molecule has 0 fully saturated rings. The molecule has 0 radical (unpaired) electrons. The van der Waals surface area contributed by atoms with Gasteiger partial charge in [0.1, 0.15) is 5.70 Å². The second-order valence-corrected chi connectivity index (χ2v) is 7.65. The van der Waals surface area contributed by atoms with E-state index in [4.69, 9.17) is 9.84 Å². The number of carbonyl (C=O) groups is 3. The molecule has 2 amide bonds. The topological polar surface area (TPSA) is 108 Å². The summed E-state index contributed by atoms with van der Waals surface area (Å²) in [5.74, 6) is -1.07. The van der Waals surface area contributed by atoms with Crippen LogP contribution in [0.3, 0.4) is 0 Å². The standard InChI is InChI=1S/C20H27N3O5/c1-12-10-13(6-7-15(12)22-19(27)20(2,3)4)21-16-14(18(26)28-5)11-23(8-9-24)17(16)25/h6-7,10,21,24H,8-9,11H2,1-5H3,(H,22,27). The normalized spacial score (nSPS) is 14.4. The van der Waals surface area contributed by atoms with Gasteiger partial charge >= 0.3 is 5.97 Å². The van der Waals surface area contributed by atoms with Crippen LogP contribution >= 0.6 is 0 Å². The Hall–Kier alpha value is -2.87. The maximum absolute atomic E-state index is 12.6. The lowest BCUT2D eigenvalue weighted by Crippen LogP contribution is -2.31. The Bertz CT molecular complexity index is 824. The van der Waals surface area contributed by atoms with Crippen LogP contribution in [0.5, 0.6) is 0 Å². The lowest BCUT2D eigenvalue weighted by Gasteiger charge is -2.19. The van der Waals surface area contributed by atoms with Crippen molar-refractivity contribution in [2.75, 3.05) is 37.4 Å². The van der Waals surface area contributed by atoms with Crippen LogP contribution in [0.15, 0.2) is 29.5 Å². The maximum atomic E-state index is 12.6. The van der Waals surface area contributed by atoms with Crippen molar-refractivity contribution in [3.63, 3.8) is 0 Å². The van der Waals surface area contributed by atoms with Crippen molar-refractivity contribution >= 4 is 29.2 Å². The molecule has 8 heteroatoms. The summed E-state index contributed by atoms with van der Waals surface area (Å²) in [6, 6.07) is 5.24. The molecule has 1 aromatic rings. The zero-order valence-corrected chi connectivity index (χ0v) is 16.9. The van der Waals surface area contributed by atoms with Gasteiger partial charge in [-0.3, -0.25) is 9.59 Å². The summed E-state index contributed by atoms with van der Waals surface area (Å²) in [6.07, 6.45) is 0. The zero-order valence-electron chi connectivity index (χ0n) is 16.9. The van der Waals surface area contributed by atoms with Crippen molar-refractivity contribution in [2.24, 2.45) is 5.41 Å². The number of benzene rings is 1. The second kappa shape index (κ2) is 8.43. The summed E-state index contributed by atoms with van der Waals surface area (Å²) in [6.45, 7) is 7.34. The number of amides is 2. The van der Waals surface area contributed by atoms with Crippen LogP contribution in [0.2, 0.25) is 0 Å². The van der Waals surface area contributed by atoms with E-state index in [1.165, 1.54) is 12.0 Å². The Morgan fingerprint density at radius 1 is 1.29 bits per heavy atom. The van der Waals surface area contributed by atoms with Crippen molar-refractivity contribution in [3.05, 3.63) is 35.0 Å². The number of aliphatic hydroxyl groups excluding tert-OH is 1. The number of hydrogen-bond acceptors (Lipinski definition) is 6. The van der Waals surface area contributed by atoms with Crippen LogP contribution in [0, 0.1) is 12.3 Å². The van der Waals surface area contributed by atoms with Crippen LogP contribution in [0.4, 0.5) is 11.4 Å². The molecule has 0 saturated heterocycles. The SMILES string of the molecule is COC(=O)C1=C(Nc2ccc(NC(=O)C(C)(C)C)c(C)c2)C(=O)N(CCO)C1. The number of anilines is 2. The first-order valence-electron chi connectivity index (χ1n) is 8.99. The van der Waals surface area contributed by atoms with Gasteiger partial charge in [0.25, 0.3) is 5.91 Å². The van der Waals surface area contributed by atoms with Gasteiger partial charge in [-0.2, -0.15) is 0 Å². The predicted molar refractivity (Wildman–Crippen MR) is 106 cm³/mol. The van der Waals surface area contributed by atoms with Gasteiger partial charge in [0.05, 0.1) is 25.8 Å². The fourth-order valence-electron chi connectivity index (χ4n) is 2.68. The molecular formula is C20H27N3O5. The summed E-state index contributed by atoms with van der Waals surface area (Å²) in [7, 11) is 1.25. The van der Waals surface area contributed by atoms with E-state index in [-0.39, 0.29) is 42.8 Å². The molecule has 1 aromatic carbocycles. The van der Waals surface area contributed by atoms with E-state index in [1.54, 1.807) is 18.2 Å². The van der Waals surface area contributed by atoms with E-state index < -0.39 is 11.4 Å². The van der Waals surface area contributed by atoms with Crippen LogP contribution < -0.4 is 10.6 Å². The lowest BCUT2D eigenvalue weighted by molar-refractivity contribution is -0.136. The highest BCUT2D eigenvalue weighted by Crippen LogP contribution is 2.26. The number of methoxy groups -OCH3 is 1. The van der Waals surface area contributed by atoms with Crippen LogP contribution in [0.25, 0.3) is 0 Å². The van der Waals surface area contributed by atoms with E-state index in [0.717, 1.165) is 5.56 Å². The fourth-order valence-corrected chi connectivity index (χ4v) is 2.68. The summed E-state index contributed by atoms with van der Waals surface area (Å²) in [4.78, 5) is 38.2. The highest BCUT2D eigenvalue weighted by Gasteiger charge is 2.34. The molecule has 0 bridgehead atoms. The van der Waals surface area contributed by atoms with Crippen molar-refractivity contribution in [1.29, 1.82) is 0 Å². The molecule has 0 aromatic heterocycles. The van der Waals surface area contributed by atoms with Crippen LogP contribution in [-0.2, 0) is 19.1 Å². The van der Waals surface area contributed by atoms with Crippen LogP contribution in [-0.4, -0.2) is 54.6 Å². The maximum Gasteiger partial charge on any atom is 0.337 e. The third-order valence-electron chi connectivity index (χ3n) is 4.38. The average molecular weight is 389 g/mol. The molecule has 8 nitrogen and oxygen atoms in total. The van der Waals surface area contributed by atoms with Gasteiger partial charge in [0.15, 0.2) is 0 Å². The molecule has 0 aliphatic carbocycles. The Morgan fingerprint density at radius 3 is 2.50 bits per heavy atom. The van der Waals surface area contributed by atoms with Gasteiger partial charge in [-0.1, -0.05) is 20.8 Å². The molecule has 0 spiro atoms. The lowest BCUT2D eigenvalue weighted by atomic mass is 9.95. The number of nitrogens with one attached hydrogen (secondary N) is 2. The minimum absolute atomic E-state index is 0.0765. The Kier molecular flexibility index (Phi) is 6.45. The number of β-amino-alcohol motifs (C(OH)–C–C–N with tert-alkyl or cyclic N) is 1. The first kappa shape index (κ1) is 21.4. The number of hydrogen-bond donors (Lipinski definition) is 3. The highest BCUT2D eigenvalue weighted by atomic mass is 16.5. The molecule has 0 atom stereocenters. The van der Waals surface area contributed by atoms with Crippen molar-refractivity contribution in [1.82, 2.24) is 4.90 Å². The van der Waals surface area contributed by atoms with Gasteiger partial charge in [0.2, 0.25) is 5.91 Å². The second-order valence-electron chi connectivity index (χ2n) is 7.65. The van der Waals surface area contributed by atoms with Gasteiger partial charge in [-0.25, -0.2) is 4.79 Å². The molecule has 0 unspecified atom stereocenters. The quantitative estimate of drug-likeness (QED) is 0.639. The molecule has 152 valence electrons. The Morgan fingerprint density at radius 2 is 1.96 bits per heavy atom. The molecular weight excluding hydrogens is 362 g/mol. The van der Waals surface area contributed by atoms with Crippen molar-refractivity contribution in [3.8, 4) is 0 Å². The minimum atomic E-state index is -0.595. The zero-order chi connectivity index (χ0) is 21.1. The molecule has 3 N–H and O–H groups in total. The molecule has 0 saturated carbocycles. The number of aliphatic hydroxyl groups is 1. The molecule has 1 heterocycles. The highest BCUT2D eigenvalue weighted by molar-refractivity contribution is 6.08. The number of esters is 1. The van der Waals surface area contributed by atoms with E-state index in [1.807, 2.05) is 27.7 Å². The number of ether oxygens (including phenoxy) is 1. The first-order chi connectivity index (χ1) is 13.1. The Labute approximate surface area is 164 Å². The summed E-state index contributed by atoms with van der Waals surface area (Å²) in [5.41, 5.74) is 1.90. The minimum Gasteiger partial charge on any atom is -0.466 e. The van der Waals surface area contributed by atoms with E-state index in [0.29, 0.717) is 11.4 Å². The molecule has 1 aliphatic heterocycles. The molecule has 1 aliphatic rings. The van der Waals surface area contributed by atoms with Gasteiger partial charge in [-0.15, -0.1) is 0 Å². The van der Waals surface area contributed by atoms with Crippen LogP contribution in [0.1, 0.15) is 26.3 Å². The van der Waals surface area contributed by atoms with Gasteiger partial charge < -0.3 is 25.4 Å². The summed E-state index contributed by atoms with van der Waals surface area (Å²) < 4.78 is 4.77. The first-order valence-corrected chi connectivity index (χ1v) is 8.99. The van der Waals surface area contributed by atoms with E-state index >= 15 is 0 Å². The fraction of sp³-hybridized carbons (Fsp3) is 0.450. The molecule has 2 rings (SSSR count). The van der Waals surface area contributed by atoms with Crippen molar-refractivity contribution in [2.45, 2.75) is 27.7 Å². The van der Waals surface area contributed by atoms with Gasteiger partial charge in [0, 0.05) is 23.3 Å².